The molecule has 1 aromatic heterocycles. The molecule has 0 saturated carbocycles. The molecule has 0 radical (unpaired) electrons. The molecular weight excluding hydrogens is 650 g/mol. The van der Waals surface area contributed by atoms with Gasteiger partial charge in [0.15, 0.2) is 0 Å². The Labute approximate surface area is 256 Å². The van der Waals surface area contributed by atoms with E-state index in [2.05, 4.69) is 21.2 Å². The first-order valence-electron chi connectivity index (χ1n) is 12.5. The Balaban J connectivity index is 1.39. The van der Waals surface area contributed by atoms with Crippen LogP contribution < -0.4 is 19.8 Å². The molecular formula is C29H21BrClN3O5S2. The van der Waals surface area contributed by atoms with Crippen LogP contribution in [0.4, 0.5) is 11.4 Å². The fourth-order valence-corrected chi connectivity index (χ4v) is 8.31. The van der Waals surface area contributed by atoms with Crippen molar-refractivity contribution in [2.45, 2.75) is 22.7 Å². The zero-order chi connectivity index (χ0) is 28.8. The smallest absolute Gasteiger partial charge is 0.308 e. The van der Waals surface area contributed by atoms with Crippen molar-refractivity contribution >= 4 is 79.7 Å². The normalized spacial score (nSPS) is 19.6. The second-order valence-electron chi connectivity index (χ2n) is 9.48. The highest BCUT2D eigenvalue weighted by Gasteiger charge is 2.56. The van der Waals surface area contributed by atoms with Crippen molar-refractivity contribution in [3.8, 4) is 5.75 Å². The molecule has 8 nitrogen and oxygen atoms in total. The van der Waals surface area contributed by atoms with Gasteiger partial charge in [0.2, 0.25) is 17.7 Å². The van der Waals surface area contributed by atoms with Crippen molar-refractivity contribution in [3.05, 3.63) is 102 Å². The van der Waals surface area contributed by atoms with Crippen molar-refractivity contribution < 1.29 is 19.1 Å². The second-order valence-corrected chi connectivity index (χ2v) is 13.0. The Morgan fingerprint density at radius 3 is 2.32 bits per heavy atom. The first-order valence-corrected chi connectivity index (χ1v) is 15.3. The van der Waals surface area contributed by atoms with Gasteiger partial charge in [-0.1, -0.05) is 62.8 Å². The van der Waals surface area contributed by atoms with E-state index >= 15 is 0 Å². The summed E-state index contributed by atoms with van der Waals surface area (Å²) in [5.41, 5.74) is 1.80. The van der Waals surface area contributed by atoms with E-state index in [4.69, 9.17) is 16.3 Å². The number of fused-ring (bicyclic) bond motifs is 2. The molecule has 3 amide bonds. The number of amides is 3. The number of benzene rings is 3. The van der Waals surface area contributed by atoms with Gasteiger partial charge in [0, 0.05) is 26.0 Å². The van der Waals surface area contributed by atoms with Crippen LogP contribution in [0.3, 0.4) is 0 Å². The van der Waals surface area contributed by atoms with Gasteiger partial charge >= 0.3 is 4.87 Å². The lowest BCUT2D eigenvalue weighted by atomic mass is 9.83. The van der Waals surface area contributed by atoms with Crippen LogP contribution in [0, 0.1) is 5.92 Å². The number of anilines is 2. The van der Waals surface area contributed by atoms with Crippen molar-refractivity contribution in [1.82, 2.24) is 4.57 Å². The van der Waals surface area contributed by atoms with Crippen LogP contribution in [-0.2, 0) is 20.9 Å². The quantitative estimate of drug-likeness (QED) is 0.262. The van der Waals surface area contributed by atoms with Gasteiger partial charge in [0.25, 0.3) is 0 Å². The van der Waals surface area contributed by atoms with E-state index in [0.717, 1.165) is 21.4 Å². The maximum atomic E-state index is 14.0. The Morgan fingerprint density at radius 1 is 0.976 bits per heavy atom. The molecule has 6 rings (SSSR count). The molecule has 1 N–H and O–H groups in total. The fraction of sp³-hybridized carbons (Fsp3) is 0.172. The number of nitrogens with one attached hydrogen (secondary N) is 1. The van der Waals surface area contributed by atoms with Crippen molar-refractivity contribution in [1.29, 1.82) is 0 Å². The van der Waals surface area contributed by atoms with E-state index in [1.54, 1.807) is 55.6 Å². The number of hydrogen-bond donors (Lipinski definition) is 1. The Morgan fingerprint density at radius 2 is 1.66 bits per heavy atom. The second kappa shape index (κ2) is 11.1. The van der Waals surface area contributed by atoms with Gasteiger partial charge < -0.3 is 10.1 Å². The molecule has 3 atom stereocenters. The molecule has 3 heterocycles. The number of hydrogen-bond acceptors (Lipinski definition) is 7. The SMILES string of the molecule is COc1ccc(N2C(=O)C3Sc4c(sc(=O)n4CC(=O)Nc4ccc(Cl)cc4)[C@H](c4ccc(Br)cc4)C3C2=O)cc1. The third kappa shape index (κ3) is 5.12. The fourth-order valence-electron chi connectivity index (χ4n) is 5.15. The van der Waals surface area contributed by atoms with Crippen LogP contribution in [0.5, 0.6) is 5.75 Å². The minimum Gasteiger partial charge on any atom is -0.497 e. The van der Waals surface area contributed by atoms with Gasteiger partial charge in [-0.2, -0.15) is 0 Å². The molecule has 0 aliphatic carbocycles. The van der Waals surface area contributed by atoms with Gasteiger partial charge in [0.05, 0.1) is 23.7 Å². The standard InChI is InChI=1S/C29H21BrClN3O5S2/c1-39-20-12-10-19(11-13-20)34-26(36)23-22(15-2-4-16(30)5-3-15)25-28(40-24(23)27(34)37)33(29(38)41-25)14-21(35)32-18-8-6-17(31)7-9-18/h2-13,22-24H,14H2,1H3,(H,32,35)/t22-,23?,24?/m1/s1. The van der Waals surface area contributed by atoms with Gasteiger partial charge in [-0.3, -0.25) is 23.7 Å². The van der Waals surface area contributed by atoms with Crippen LogP contribution >= 0.6 is 50.6 Å². The van der Waals surface area contributed by atoms with Gasteiger partial charge in [0.1, 0.15) is 17.5 Å². The first-order chi connectivity index (χ1) is 19.7. The van der Waals surface area contributed by atoms with E-state index in [1.807, 2.05) is 24.3 Å². The number of ether oxygens (including phenoxy) is 1. The highest BCUT2D eigenvalue weighted by molar-refractivity contribution is 9.10. The summed E-state index contributed by atoms with van der Waals surface area (Å²) < 4.78 is 7.49. The zero-order valence-electron chi connectivity index (χ0n) is 21.4. The van der Waals surface area contributed by atoms with Gasteiger partial charge in [-0.15, -0.1) is 0 Å². The number of carbonyl (C=O) groups excluding carboxylic acids is 3. The maximum absolute atomic E-state index is 14.0. The number of halogens is 2. The lowest BCUT2D eigenvalue weighted by Crippen LogP contribution is -2.33. The lowest BCUT2D eigenvalue weighted by molar-refractivity contribution is -0.122. The summed E-state index contributed by atoms with van der Waals surface area (Å²) in [5, 5.41) is 3.07. The molecule has 12 heteroatoms. The van der Waals surface area contributed by atoms with Crippen LogP contribution in [0.25, 0.3) is 0 Å². The molecule has 1 fully saturated rings. The highest BCUT2D eigenvalue weighted by atomic mass is 79.9. The summed E-state index contributed by atoms with van der Waals surface area (Å²) >= 11 is 11.6. The predicted octanol–water partition coefficient (Wildman–Crippen LogP) is 5.77. The minimum atomic E-state index is -0.773. The topological polar surface area (TPSA) is 97.7 Å². The van der Waals surface area contributed by atoms with E-state index < -0.39 is 23.0 Å². The third-order valence-corrected chi connectivity index (χ3v) is 10.4. The maximum Gasteiger partial charge on any atom is 0.308 e. The summed E-state index contributed by atoms with van der Waals surface area (Å²) in [6, 6.07) is 20.9. The number of methoxy groups -OCH3 is 1. The number of rotatable bonds is 6. The van der Waals surface area contributed by atoms with Crippen LogP contribution in [0.15, 0.2) is 87.1 Å². The molecule has 3 aromatic carbocycles. The molecule has 0 spiro atoms. The summed E-state index contributed by atoms with van der Waals surface area (Å²) in [6.07, 6.45) is 0. The highest BCUT2D eigenvalue weighted by Crippen LogP contribution is 2.54. The average molecular weight is 671 g/mol. The molecule has 1 saturated heterocycles. The molecule has 2 aliphatic heterocycles. The van der Waals surface area contributed by atoms with E-state index in [1.165, 1.54) is 21.2 Å². The van der Waals surface area contributed by atoms with Gasteiger partial charge in [-0.05, 0) is 66.2 Å². The molecule has 0 bridgehead atoms. The summed E-state index contributed by atoms with van der Waals surface area (Å²) in [4.78, 5) is 55.6. The molecule has 208 valence electrons. The minimum absolute atomic E-state index is 0.241. The Hall–Kier alpha value is -3.38. The third-order valence-electron chi connectivity index (χ3n) is 7.04. The number of aromatic nitrogens is 1. The number of imide groups is 1. The van der Waals surface area contributed by atoms with E-state index in [0.29, 0.717) is 32.1 Å². The first kappa shape index (κ1) is 27.8. The Kier molecular flexibility index (Phi) is 7.54. The van der Waals surface area contributed by atoms with Crippen LogP contribution in [-0.4, -0.2) is 34.6 Å². The van der Waals surface area contributed by atoms with Crippen LogP contribution in [0.1, 0.15) is 16.4 Å². The largest absolute Gasteiger partial charge is 0.497 e. The van der Waals surface area contributed by atoms with E-state index in [-0.39, 0.29) is 23.2 Å². The van der Waals surface area contributed by atoms with Crippen LogP contribution in [0.2, 0.25) is 5.02 Å². The van der Waals surface area contributed by atoms with Gasteiger partial charge in [-0.25, -0.2) is 4.90 Å². The van der Waals surface area contributed by atoms with Crippen molar-refractivity contribution in [2.75, 3.05) is 17.3 Å². The Bertz CT molecular complexity index is 1720. The number of thioether (sulfide) groups is 1. The lowest BCUT2D eigenvalue weighted by Gasteiger charge is -2.30. The van der Waals surface area contributed by atoms with E-state index in [9.17, 15) is 19.2 Å². The summed E-state index contributed by atoms with van der Waals surface area (Å²) in [6.45, 7) is -0.241. The van der Waals surface area contributed by atoms with Crippen molar-refractivity contribution in [3.63, 3.8) is 0 Å². The number of nitrogens with zero attached hydrogens (tertiary/aromatic N) is 2. The average Bonchev–Trinajstić information content (AvgIpc) is 3.41. The summed E-state index contributed by atoms with van der Waals surface area (Å²) in [7, 11) is 1.54. The number of thiazole rings is 1. The van der Waals surface area contributed by atoms with Crippen molar-refractivity contribution in [2.24, 2.45) is 5.92 Å². The predicted molar refractivity (Wildman–Crippen MR) is 163 cm³/mol. The zero-order valence-corrected chi connectivity index (χ0v) is 25.4. The molecule has 4 aromatic rings. The summed E-state index contributed by atoms with van der Waals surface area (Å²) in [5.74, 6) is -1.75. The number of carbonyl (C=O) groups is 3. The molecule has 2 aliphatic rings. The molecule has 41 heavy (non-hydrogen) atoms. The monoisotopic (exact) mass is 669 g/mol. The molecule has 2 unspecified atom stereocenters.